The lowest BCUT2D eigenvalue weighted by Crippen LogP contribution is -2.37. The van der Waals surface area contributed by atoms with Crippen molar-refractivity contribution in [3.05, 3.63) is 71.5 Å². The molecule has 0 radical (unpaired) electrons. The zero-order valence-corrected chi connectivity index (χ0v) is 13.6. The van der Waals surface area contributed by atoms with Crippen LogP contribution in [0, 0.1) is 0 Å². The Morgan fingerprint density at radius 3 is 2.46 bits per heavy atom. The highest BCUT2D eigenvalue weighted by Crippen LogP contribution is 2.20. The highest BCUT2D eigenvalue weighted by atomic mass is 35.5. The first-order valence-electron chi connectivity index (χ1n) is 7.52. The Kier molecular flexibility index (Phi) is 4.93. The fourth-order valence-electron chi connectivity index (χ4n) is 2.36. The fraction of sp³-hybridized carbons (Fsp3) is 0.111. The summed E-state index contributed by atoms with van der Waals surface area (Å²) in [7, 11) is 0. The highest BCUT2D eigenvalue weighted by Gasteiger charge is 2.14. The lowest BCUT2D eigenvalue weighted by Gasteiger charge is -2.13. The van der Waals surface area contributed by atoms with Crippen molar-refractivity contribution < 1.29 is 4.79 Å². The Morgan fingerprint density at radius 1 is 1.12 bits per heavy atom. The molecule has 24 heavy (non-hydrogen) atoms. The number of rotatable bonds is 5. The van der Waals surface area contributed by atoms with Gasteiger partial charge in [-0.25, -0.2) is 0 Å². The Balaban J connectivity index is 1.60. The summed E-state index contributed by atoms with van der Waals surface area (Å²) in [6, 6.07) is 14.2. The molecule has 122 valence electrons. The normalized spacial score (nSPS) is 11.9. The average molecular weight is 341 g/mol. The van der Waals surface area contributed by atoms with Crippen molar-refractivity contribution in [3.8, 4) is 11.1 Å². The number of aromatic nitrogens is 2. The zero-order chi connectivity index (χ0) is 16.9. The van der Waals surface area contributed by atoms with Gasteiger partial charge in [-0.15, -0.1) is 0 Å². The van der Waals surface area contributed by atoms with E-state index in [0.717, 1.165) is 16.7 Å². The molecule has 0 aliphatic heterocycles. The molecule has 0 aliphatic carbocycles. The maximum absolute atomic E-state index is 12.2. The van der Waals surface area contributed by atoms with Crippen molar-refractivity contribution in [2.75, 3.05) is 5.32 Å². The van der Waals surface area contributed by atoms with Crippen LogP contribution in [-0.2, 0) is 11.2 Å². The summed E-state index contributed by atoms with van der Waals surface area (Å²) in [5, 5.41) is 10.2. The molecule has 2 aromatic carbocycles. The molecule has 1 atom stereocenters. The number of amides is 1. The zero-order valence-electron chi connectivity index (χ0n) is 12.9. The molecule has 6 heteroatoms. The number of benzene rings is 2. The predicted octanol–water partition coefficient (Wildman–Crippen LogP) is 3.24. The van der Waals surface area contributed by atoms with Crippen LogP contribution in [0.1, 0.15) is 5.56 Å². The molecule has 0 saturated carbocycles. The van der Waals surface area contributed by atoms with Gasteiger partial charge in [0.05, 0.1) is 12.2 Å². The van der Waals surface area contributed by atoms with E-state index in [-0.39, 0.29) is 5.91 Å². The lowest BCUT2D eigenvalue weighted by atomic mass is 10.1. The van der Waals surface area contributed by atoms with Crippen molar-refractivity contribution in [1.29, 1.82) is 0 Å². The Morgan fingerprint density at radius 2 is 1.83 bits per heavy atom. The second kappa shape index (κ2) is 7.29. The predicted molar refractivity (Wildman–Crippen MR) is 95.8 cm³/mol. The van der Waals surface area contributed by atoms with E-state index >= 15 is 0 Å². The molecule has 5 nitrogen and oxygen atoms in total. The minimum atomic E-state index is -0.625. The van der Waals surface area contributed by atoms with Crippen LogP contribution in [0.3, 0.4) is 0 Å². The van der Waals surface area contributed by atoms with E-state index in [9.17, 15) is 4.79 Å². The number of carbonyl (C=O) groups is 1. The number of carbonyl (C=O) groups excluding carboxylic acids is 1. The Hall–Kier alpha value is -2.63. The third kappa shape index (κ3) is 4.01. The van der Waals surface area contributed by atoms with Gasteiger partial charge >= 0.3 is 0 Å². The van der Waals surface area contributed by atoms with E-state index in [4.69, 9.17) is 17.3 Å². The van der Waals surface area contributed by atoms with E-state index in [1.54, 1.807) is 18.3 Å². The molecule has 0 bridgehead atoms. The SMILES string of the molecule is NC(Cc1ccc(Cl)cc1)C(=O)Nc1ccc(-c2cn[nH]c2)cc1. The number of nitrogens with two attached hydrogens (primary N) is 1. The van der Waals surface area contributed by atoms with E-state index in [1.165, 1.54) is 0 Å². The minimum absolute atomic E-state index is 0.221. The molecular weight excluding hydrogens is 324 g/mol. The number of nitrogens with zero attached hydrogens (tertiary/aromatic N) is 1. The van der Waals surface area contributed by atoms with E-state index in [2.05, 4.69) is 15.5 Å². The van der Waals surface area contributed by atoms with Crippen LogP contribution in [0.5, 0.6) is 0 Å². The van der Waals surface area contributed by atoms with Crippen molar-refractivity contribution in [1.82, 2.24) is 10.2 Å². The van der Waals surface area contributed by atoms with Crippen molar-refractivity contribution in [2.45, 2.75) is 12.5 Å². The summed E-state index contributed by atoms with van der Waals surface area (Å²) in [5.41, 5.74) is 9.68. The molecule has 0 aliphatic rings. The maximum atomic E-state index is 12.2. The molecule has 0 fully saturated rings. The number of hydrogen-bond acceptors (Lipinski definition) is 3. The van der Waals surface area contributed by atoms with Crippen LogP contribution < -0.4 is 11.1 Å². The van der Waals surface area contributed by atoms with Crippen molar-refractivity contribution in [2.24, 2.45) is 5.73 Å². The number of anilines is 1. The van der Waals surface area contributed by atoms with Gasteiger partial charge in [0.15, 0.2) is 0 Å². The van der Waals surface area contributed by atoms with Crippen LogP contribution in [0.2, 0.25) is 5.02 Å². The molecule has 1 heterocycles. The van der Waals surface area contributed by atoms with Gasteiger partial charge in [-0.1, -0.05) is 35.9 Å². The van der Waals surface area contributed by atoms with Gasteiger partial charge in [0.2, 0.25) is 5.91 Å². The first kappa shape index (κ1) is 16.2. The van der Waals surface area contributed by atoms with Gasteiger partial charge in [-0.05, 0) is 41.8 Å². The van der Waals surface area contributed by atoms with Gasteiger partial charge < -0.3 is 11.1 Å². The van der Waals surface area contributed by atoms with E-state index in [1.807, 2.05) is 42.6 Å². The van der Waals surface area contributed by atoms with Gasteiger partial charge in [-0.3, -0.25) is 9.89 Å². The summed E-state index contributed by atoms with van der Waals surface area (Å²) >= 11 is 5.85. The third-order valence-corrected chi connectivity index (χ3v) is 3.94. The quantitative estimate of drug-likeness (QED) is 0.666. The maximum Gasteiger partial charge on any atom is 0.241 e. The third-order valence-electron chi connectivity index (χ3n) is 3.69. The molecule has 3 rings (SSSR count). The monoisotopic (exact) mass is 340 g/mol. The fourth-order valence-corrected chi connectivity index (χ4v) is 2.48. The van der Waals surface area contributed by atoms with Crippen LogP contribution in [0.4, 0.5) is 5.69 Å². The molecule has 4 N–H and O–H groups in total. The Labute approximate surface area is 144 Å². The number of H-pyrrole nitrogens is 1. The molecule has 1 unspecified atom stereocenters. The van der Waals surface area contributed by atoms with Crippen LogP contribution in [0.15, 0.2) is 60.9 Å². The van der Waals surface area contributed by atoms with Gasteiger partial charge in [0, 0.05) is 22.5 Å². The number of nitrogens with one attached hydrogen (secondary N) is 2. The summed E-state index contributed by atoms with van der Waals surface area (Å²) in [6.45, 7) is 0. The van der Waals surface area contributed by atoms with Crippen LogP contribution in [0.25, 0.3) is 11.1 Å². The summed E-state index contributed by atoms with van der Waals surface area (Å²) in [5.74, 6) is -0.221. The lowest BCUT2D eigenvalue weighted by molar-refractivity contribution is -0.117. The van der Waals surface area contributed by atoms with Crippen LogP contribution >= 0.6 is 11.6 Å². The molecule has 3 aromatic rings. The van der Waals surface area contributed by atoms with Crippen molar-refractivity contribution in [3.63, 3.8) is 0 Å². The Bertz CT molecular complexity index is 798. The number of aromatic amines is 1. The van der Waals surface area contributed by atoms with Crippen LogP contribution in [-0.4, -0.2) is 22.1 Å². The largest absolute Gasteiger partial charge is 0.325 e. The first-order chi connectivity index (χ1) is 11.6. The standard InChI is InChI=1S/C18H17ClN4O/c19-15-5-1-12(2-6-15)9-17(20)18(24)23-16-7-3-13(4-8-16)14-10-21-22-11-14/h1-8,10-11,17H,9,20H2,(H,21,22)(H,23,24). The molecular formula is C18H17ClN4O. The molecule has 1 aromatic heterocycles. The summed E-state index contributed by atoms with van der Waals surface area (Å²) in [6.07, 6.45) is 4.02. The van der Waals surface area contributed by atoms with E-state index < -0.39 is 6.04 Å². The average Bonchev–Trinajstić information content (AvgIpc) is 3.12. The molecule has 0 saturated heterocycles. The summed E-state index contributed by atoms with van der Waals surface area (Å²) in [4.78, 5) is 12.2. The molecule has 0 spiro atoms. The highest BCUT2D eigenvalue weighted by molar-refractivity contribution is 6.30. The second-order valence-corrected chi connectivity index (χ2v) is 5.93. The van der Waals surface area contributed by atoms with Gasteiger partial charge in [-0.2, -0.15) is 5.10 Å². The first-order valence-corrected chi connectivity index (χ1v) is 7.90. The number of halogens is 1. The number of hydrogen-bond donors (Lipinski definition) is 3. The van der Waals surface area contributed by atoms with Crippen molar-refractivity contribution >= 4 is 23.2 Å². The van der Waals surface area contributed by atoms with Gasteiger partial charge in [0.25, 0.3) is 0 Å². The van der Waals surface area contributed by atoms with E-state index in [0.29, 0.717) is 17.1 Å². The smallest absolute Gasteiger partial charge is 0.241 e. The van der Waals surface area contributed by atoms with Gasteiger partial charge in [0.1, 0.15) is 0 Å². The topological polar surface area (TPSA) is 83.8 Å². The second-order valence-electron chi connectivity index (χ2n) is 5.49. The molecule has 1 amide bonds. The summed E-state index contributed by atoms with van der Waals surface area (Å²) < 4.78 is 0. The minimum Gasteiger partial charge on any atom is -0.325 e.